The Hall–Kier alpha value is -2.59. The number of aromatic nitrogens is 2. The molecule has 22 heavy (non-hydrogen) atoms. The lowest BCUT2D eigenvalue weighted by Crippen LogP contribution is -2.23. The Morgan fingerprint density at radius 2 is 1.86 bits per heavy atom. The van der Waals surface area contributed by atoms with Gasteiger partial charge in [0.05, 0.1) is 13.2 Å². The number of rotatable bonds is 6. The van der Waals surface area contributed by atoms with E-state index in [-0.39, 0.29) is 6.04 Å². The Morgan fingerprint density at radius 1 is 1.09 bits per heavy atom. The predicted octanol–water partition coefficient (Wildman–Crippen LogP) is 3.30. The number of benzene rings is 2. The molecule has 0 aliphatic heterocycles. The van der Waals surface area contributed by atoms with Gasteiger partial charge in [0.2, 0.25) is 0 Å². The monoisotopic (exact) mass is 293 g/mol. The van der Waals surface area contributed by atoms with Gasteiger partial charge in [0.15, 0.2) is 0 Å². The number of hydrogen-bond acceptors (Lipinski definition) is 3. The van der Waals surface area contributed by atoms with E-state index < -0.39 is 0 Å². The third-order valence-corrected chi connectivity index (χ3v) is 3.60. The number of imidazole rings is 1. The minimum atomic E-state index is 0.0149. The SMILES string of the molecule is COc1ccc(C(NCc2ccccc2)c2ncc[nH]2)cc1. The van der Waals surface area contributed by atoms with E-state index in [1.54, 1.807) is 13.3 Å². The highest BCUT2D eigenvalue weighted by atomic mass is 16.5. The van der Waals surface area contributed by atoms with E-state index in [1.807, 2.05) is 36.5 Å². The summed E-state index contributed by atoms with van der Waals surface area (Å²) in [4.78, 5) is 7.59. The molecule has 0 saturated carbocycles. The van der Waals surface area contributed by atoms with Gasteiger partial charge in [-0.2, -0.15) is 0 Å². The molecular formula is C18H19N3O. The standard InChI is InChI=1S/C18H19N3O/c1-22-16-9-7-15(8-10-16)17(18-19-11-12-20-18)21-13-14-5-3-2-4-6-14/h2-12,17,21H,13H2,1H3,(H,19,20). The van der Waals surface area contributed by atoms with Crippen molar-refractivity contribution in [2.24, 2.45) is 0 Å². The van der Waals surface area contributed by atoms with Gasteiger partial charge in [0.25, 0.3) is 0 Å². The third kappa shape index (κ3) is 3.35. The Balaban J connectivity index is 1.81. The minimum Gasteiger partial charge on any atom is -0.497 e. The first-order valence-electron chi connectivity index (χ1n) is 7.27. The smallest absolute Gasteiger partial charge is 0.127 e. The molecule has 0 aliphatic rings. The zero-order chi connectivity index (χ0) is 15.2. The van der Waals surface area contributed by atoms with Crippen molar-refractivity contribution >= 4 is 0 Å². The maximum Gasteiger partial charge on any atom is 0.127 e. The van der Waals surface area contributed by atoms with Crippen molar-refractivity contribution < 1.29 is 4.74 Å². The van der Waals surface area contributed by atoms with Crippen LogP contribution in [0.15, 0.2) is 67.0 Å². The van der Waals surface area contributed by atoms with E-state index in [2.05, 4.69) is 39.6 Å². The predicted molar refractivity (Wildman–Crippen MR) is 86.7 cm³/mol. The fraction of sp³-hybridized carbons (Fsp3) is 0.167. The molecule has 3 rings (SSSR count). The van der Waals surface area contributed by atoms with E-state index in [9.17, 15) is 0 Å². The second-order valence-electron chi connectivity index (χ2n) is 5.05. The molecule has 0 bridgehead atoms. The number of nitrogens with one attached hydrogen (secondary N) is 2. The fourth-order valence-electron chi connectivity index (χ4n) is 2.42. The molecule has 112 valence electrons. The first kappa shape index (κ1) is 14.4. The highest BCUT2D eigenvalue weighted by Gasteiger charge is 2.16. The Labute approximate surface area is 130 Å². The number of ether oxygens (including phenoxy) is 1. The zero-order valence-corrected chi connectivity index (χ0v) is 12.5. The van der Waals surface area contributed by atoms with E-state index in [0.717, 1.165) is 23.7 Å². The summed E-state index contributed by atoms with van der Waals surface area (Å²) in [5.41, 5.74) is 2.39. The van der Waals surface area contributed by atoms with Crippen LogP contribution in [0.4, 0.5) is 0 Å². The van der Waals surface area contributed by atoms with Crippen molar-refractivity contribution in [1.82, 2.24) is 15.3 Å². The van der Waals surface area contributed by atoms with Gasteiger partial charge in [-0.3, -0.25) is 5.32 Å². The maximum atomic E-state index is 5.23. The highest BCUT2D eigenvalue weighted by molar-refractivity contribution is 5.32. The Morgan fingerprint density at radius 3 is 2.50 bits per heavy atom. The summed E-state index contributed by atoms with van der Waals surface area (Å²) >= 11 is 0. The summed E-state index contributed by atoms with van der Waals surface area (Å²) in [5.74, 6) is 1.76. The van der Waals surface area contributed by atoms with Crippen LogP contribution in [0.2, 0.25) is 0 Å². The fourth-order valence-corrected chi connectivity index (χ4v) is 2.42. The number of methoxy groups -OCH3 is 1. The van der Waals surface area contributed by atoms with Crippen LogP contribution in [0.1, 0.15) is 23.0 Å². The summed E-state index contributed by atoms with van der Waals surface area (Å²) in [6.45, 7) is 0.776. The van der Waals surface area contributed by atoms with Crippen LogP contribution >= 0.6 is 0 Å². The van der Waals surface area contributed by atoms with Crippen molar-refractivity contribution in [3.63, 3.8) is 0 Å². The summed E-state index contributed by atoms with van der Waals surface area (Å²) in [5, 5.41) is 3.56. The quantitative estimate of drug-likeness (QED) is 0.733. The molecule has 4 heteroatoms. The second kappa shape index (κ2) is 6.91. The highest BCUT2D eigenvalue weighted by Crippen LogP contribution is 2.22. The topological polar surface area (TPSA) is 49.9 Å². The Kier molecular flexibility index (Phi) is 4.51. The van der Waals surface area contributed by atoms with Crippen LogP contribution in [0.25, 0.3) is 0 Å². The molecule has 1 aromatic heterocycles. The molecule has 4 nitrogen and oxygen atoms in total. The number of H-pyrrole nitrogens is 1. The molecule has 0 radical (unpaired) electrons. The lowest BCUT2D eigenvalue weighted by molar-refractivity contribution is 0.414. The van der Waals surface area contributed by atoms with E-state index in [4.69, 9.17) is 4.74 Å². The summed E-state index contributed by atoms with van der Waals surface area (Å²) in [7, 11) is 1.67. The van der Waals surface area contributed by atoms with Crippen molar-refractivity contribution in [3.05, 3.63) is 83.9 Å². The van der Waals surface area contributed by atoms with Crippen LogP contribution in [-0.4, -0.2) is 17.1 Å². The second-order valence-corrected chi connectivity index (χ2v) is 5.05. The van der Waals surface area contributed by atoms with Crippen LogP contribution in [-0.2, 0) is 6.54 Å². The van der Waals surface area contributed by atoms with Gasteiger partial charge < -0.3 is 9.72 Å². The molecule has 0 spiro atoms. The van der Waals surface area contributed by atoms with Gasteiger partial charge >= 0.3 is 0 Å². The first-order valence-corrected chi connectivity index (χ1v) is 7.27. The molecule has 3 aromatic rings. The van der Waals surface area contributed by atoms with Gasteiger partial charge in [-0.25, -0.2) is 4.98 Å². The lowest BCUT2D eigenvalue weighted by atomic mass is 10.1. The molecule has 1 atom stereocenters. The van der Waals surface area contributed by atoms with E-state index >= 15 is 0 Å². The average molecular weight is 293 g/mol. The van der Waals surface area contributed by atoms with Crippen LogP contribution in [0.3, 0.4) is 0 Å². The number of aromatic amines is 1. The molecule has 0 saturated heterocycles. The summed E-state index contributed by atoms with van der Waals surface area (Å²) in [6, 6.07) is 18.4. The van der Waals surface area contributed by atoms with Crippen LogP contribution in [0, 0.1) is 0 Å². The molecule has 0 fully saturated rings. The Bertz CT molecular complexity index is 678. The summed E-state index contributed by atoms with van der Waals surface area (Å²) in [6.07, 6.45) is 3.62. The molecule has 1 unspecified atom stereocenters. The third-order valence-electron chi connectivity index (χ3n) is 3.60. The van der Waals surface area contributed by atoms with Crippen LogP contribution < -0.4 is 10.1 Å². The largest absolute Gasteiger partial charge is 0.497 e. The van der Waals surface area contributed by atoms with Gasteiger partial charge in [-0.1, -0.05) is 42.5 Å². The van der Waals surface area contributed by atoms with Gasteiger partial charge in [-0.15, -0.1) is 0 Å². The van der Waals surface area contributed by atoms with Gasteiger partial charge in [0.1, 0.15) is 11.6 Å². The molecular weight excluding hydrogens is 274 g/mol. The van der Waals surface area contributed by atoms with Crippen LogP contribution in [0.5, 0.6) is 5.75 Å². The summed E-state index contributed by atoms with van der Waals surface area (Å²) < 4.78 is 5.23. The molecule has 1 heterocycles. The number of nitrogens with zero attached hydrogens (tertiary/aromatic N) is 1. The average Bonchev–Trinajstić information content (AvgIpc) is 3.11. The molecule has 2 N–H and O–H groups in total. The van der Waals surface area contributed by atoms with Crippen molar-refractivity contribution in [2.75, 3.05) is 7.11 Å². The van der Waals surface area contributed by atoms with Crippen molar-refractivity contribution in [2.45, 2.75) is 12.6 Å². The molecule has 0 aliphatic carbocycles. The maximum absolute atomic E-state index is 5.23. The number of hydrogen-bond donors (Lipinski definition) is 2. The van der Waals surface area contributed by atoms with Gasteiger partial charge in [-0.05, 0) is 23.3 Å². The van der Waals surface area contributed by atoms with E-state index in [1.165, 1.54) is 5.56 Å². The zero-order valence-electron chi connectivity index (χ0n) is 12.5. The van der Waals surface area contributed by atoms with E-state index in [0.29, 0.717) is 0 Å². The molecule has 2 aromatic carbocycles. The van der Waals surface area contributed by atoms with Gasteiger partial charge in [0, 0.05) is 18.9 Å². The lowest BCUT2D eigenvalue weighted by Gasteiger charge is -2.17. The van der Waals surface area contributed by atoms with Crippen molar-refractivity contribution in [3.8, 4) is 5.75 Å². The normalized spacial score (nSPS) is 12.0. The molecule has 0 amide bonds. The van der Waals surface area contributed by atoms with Crippen molar-refractivity contribution in [1.29, 1.82) is 0 Å². The first-order chi connectivity index (χ1) is 10.9. The minimum absolute atomic E-state index is 0.0149.